The highest BCUT2D eigenvalue weighted by Crippen LogP contribution is 2.25. The zero-order chi connectivity index (χ0) is 12.3. The van der Waals surface area contributed by atoms with Crippen LogP contribution in [0.2, 0.25) is 0 Å². The molecule has 1 amide bonds. The van der Waals surface area contributed by atoms with Gasteiger partial charge in [0.25, 0.3) is 0 Å². The van der Waals surface area contributed by atoms with Crippen molar-refractivity contribution < 1.29 is 4.79 Å². The van der Waals surface area contributed by atoms with Crippen LogP contribution in [-0.2, 0) is 4.79 Å². The summed E-state index contributed by atoms with van der Waals surface area (Å²) in [5, 5.41) is 6.03. The van der Waals surface area contributed by atoms with Crippen molar-refractivity contribution in [2.75, 3.05) is 13.1 Å². The molecule has 4 nitrogen and oxygen atoms in total. The zero-order valence-corrected chi connectivity index (χ0v) is 11.2. The number of amides is 1. The van der Waals surface area contributed by atoms with Gasteiger partial charge in [-0.3, -0.25) is 9.69 Å². The second kappa shape index (κ2) is 5.60. The third kappa shape index (κ3) is 3.04. The molecule has 2 rings (SSSR count). The fourth-order valence-electron chi connectivity index (χ4n) is 2.05. The van der Waals surface area contributed by atoms with Gasteiger partial charge in [-0.15, -0.1) is 11.3 Å². The molecular formula is C12H19N3OS. The molecule has 1 saturated heterocycles. The van der Waals surface area contributed by atoms with Gasteiger partial charge in [0, 0.05) is 17.6 Å². The largest absolute Gasteiger partial charge is 0.333 e. The van der Waals surface area contributed by atoms with Gasteiger partial charge in [-0.1, -0.05) is 19.8 Å². The van der Waals surface area contributed by atoms with Crippen LogP contribution in [0.25, 0.3) is 0 Å². The van der Waals surface area contributed by atoms with Crippen LogP contribution in [0.4, 0.5) is 0 Å². The smallest absolute Gasteiger partial charge is 0.235 e. The summed E-state index contributed by atoms with van der Waals surface area (Å²) in [7, 11) is 0. The highest BCUT2D eigenvalue weighted by molar-refractivity contribution is 7.09. The van der Waals surface area contributed by atoms with Gasteiger partial charge in [-0.2, -0.15) is 0 Å². The Morgan fingerprint density at radius 1 is 1.59 bits per heavy atom. The minimum absolute atomic E-state index is 0.00180. The van der Waals surface area contributed by atoms with E-state index in [9.17, 15) is 4.79 Å². The minimum atomic E-state index is -0.00180. The minimum Gasteiger partial charge on any atom is -0.333 e. The fraction of sp³-hybridized carbons (Fsp3) is 0.667. The third-order valence-corrected chi connectivity index (χ3v) is 3.94. The number of hydrogen-bond donors (Lipinski definition) is 1. The van der Waals surface area contributed by atoms with E-state index in [-0.39, 0.29) is 12.1 Å². The molecular weight excluding hydrogens is 234 g/mol. The Morgan fingerprint density at radius 2 is 2.41 bits per heavy atom. The molecule has 1 aromatic heterocycles. The van der Waals surface area contributed by atoms with E-state index in [1.54, 1.807) is 11.3 Å². The van der Waals surface area contributed by atoms with Crippen LogP contribution in [0.5, 0.6) is 0 Å². The predicted octanol–water partition coefficient (Wildman–Crippen LogP) is 2.07. The Bertz CT molecular complexity index is 391. The number of thiazole rings is 1. The maximum atomic E-state index is 11.5. The van der Waals surface area contributed by atoms with E-state index in [4.69, 9.17) is 0 Å². The molecule has 94 valence electrons. The molecule has 0 aromatic carbocycles. The van der Waals surface area contributed by atoms with Gasteiger partial charge in [0.05, 0.1) is 6.54 Å². The lowest BCUT2D eigenvalue weighted by atomic mass is 10.2. The van der Waals surface area contributed by atoms with E-state index in [2.05, 4.69) is 22.1 Å². The van der Waals surface area contributed by atoms with Crippen molar-refractivity contribution in [3.63, 3.8) is 0 Å². The lowest BCUT2D eigenvalue weighted by molar-refractivity contribution is -0.118. The molecule has 5 heteroatoms. The Hall–Kier alpha value is -0.940. The van der Waals surface area contributed by atoms with Crippen molar-refractivity contribution in [3.05, 3.63) is 16.1 Å². The van der Waals surface area contributed by atoms with Crippen LogP contribution in [-0.4, -0.2) is 28.9 Å². The van der Waals surface area contributed by atoms with Crippen LogP contribution >= 0.6 is 11.3 Å². The highest BCUT2D eigenvalue weighted by Gasteiger charge is 2.32. The lowest BCUT2D eigenvalue weighted by Crippen LogP contribution is -2.28. The fourth-order valence-corrected chi connectivity index (χ4v) is 2.93. The number of nitrogens with one attached hydrogen (secondary N) is 1. The highest BCUT2D eigenvalue weighted by atomic mass is 32.1. The van der Waals surface area contributed by atoms with Crippen LogP contribution in [0, 0.1) is 6.92 Å². The number of unbranched alkanes of at least 4 members (excludes halogenated alkanes) is 2. The predicted molar refractivity (Wildman–Crippen MR) is 68.8 cm³/mol. The van der Waals surface area contributed by atoms with Crippen molar-refractivity contribution in [3.8, 4) is 0 Å². The van der Waals surface area contributed by atoms with E-state index in [1.165, 1.54) is 12.8 Å². The molecule has 17 heavy (non-hydrogen) atoms. The van der Waals surface area contributed by atoms with Crippen LogP contribution in [0.15, 0.2) is 5.38 Å². The maximum Gasteiger partial charge on any atom is 0.235 e. The molecule has 1 fully saturated rings. The maximum absolute atomic E-state index is 11.5. The number of aromatic nitrogens is 1. The van der Waals surface area contributed by atoms with Crippen LogP contribution < -0.4 is 5.32 Å². The van der Waals surface area contributed by atoms with Gasteiger partial charge in [-0.25, -0.2) is 4.98 Å². The lowest BCUT2D eigenvalue weighted by Gasteiger charge is -2.20. The van der Waals surface area contributed by atoms with Crippen molar-refractivity contribution in [2.45, 2.75) is 39.3 Å². The van der Waals surface area contributed by atoms with E-state index < -0.39 is 0 Å². The quantitative estimate of drug-likeness (QED) is 0.817. The number of nitrogens with zero attached hydrogens (tertiary/aromatic N) is 2. The summed E-state index contributed by atoms with van der Waals surface area (Å²) in [4.78, 5) is 18.2. The van der Waals surface area contributed by atoms with Gasteiger partial charge in [0.1, 0.15) is 11.2 Å². The Labute approximate surface area is 106 Å². The standard InChI is InChI=1S/C12H19N3OS/c1-3-4-5-6-15-7-10(16)14-11(15)12-13-9(2)8-17-12/h8,11H,3-7H2,1-2H3,(H,14,16)/t11-/m1/s1. The molecule has 0 unspecified atom stereocenters. The number of carbonyl (C=O) groups is 1. The molecule has 0 saturated carbocycles. The number of aryl methyl sites for hydroxylation is 1. The van der Waals surface area contributed by atoms with Crippen molar-refractivity contribution in [2.24, 2.45) is 0 Å². The molecule has 0 spiro atoms. The monoisotopic (exact) mass is 253 g/mol. The first kappa shape index (κ1) is 12.5. The van der Waals surface area contributed by atoms with E-state index in [0.717, 1.165) is 23.7 Å². The molecule has 1 aliphatic rings. The number of carbonyl (C=O) groups excluding carboxylic acids is 1. The van der Waals surface area contributed by atoms with Crippen LogP contribution in [0.1, 0.15) is 43.1 Å². The molecule has 0 bridgehead atoms. The average molecular weight is 253 g/mol. The van der Waals surface area contributed by atoms with Gasteiger partial charge >= 0.3 is 0 Å². The summed E-state index contributed by atoms with van der Waals surface area (Å²) in [6.45, 7) is 5.65. The summed E-state index contributed by atoms with van der Waals surface area (Å²) in [5.74, 6) is 0.111. The molecule has 1 aromatic rings. The Kier molecular flexibility index (Phi) is 4.12. The van der Waals surface area contributed by atoms with Gasteiger partial charge in [0.15, 0.2) is 0 Å². The second-order valence-electron chi connectivity index (χ2n) is 4.47. The first-order valence-corrected chi connectivity index (χ1v) is 7.04. The average Bonchev–Trinajstić information content (AvgIpc) is 2.85. The topological polar surface area (TPSA) is 45.2 Å². The van der Waals surface area contributed by atoms with E-state index in [1.807, 2.05) is 12.3 Å². The molecule has 1 aliphatic heterocycles. The number of rotatable bonds is 5. The Balaban J connectivity index is 2.01. The summed E-state index contributed by atoms with van der Waals surface area (Å²) in [5.41, 5.74) is 1.03. The van der Waals surface area contributed by atoms with Crippen molar-refractivity contribution in [1.29, 1.82) is 0 Å². The SMILES string of the molecule is CCCCCN1CC(=O)N[C@H]1c1nc(C)cs1. The van der Waals surface area contributed by atoms with E-state index >= 15 is 0 Å². The summed E-state index contributed by atoms with van der Waals surface area (Å²) < 4.78 is 0. The molecule has 1 N–H and O–H groups in total. The molecule has 0 aliphatic carbocycles. The summed E-state index contributed by atoms with van der Waals surface area (Å²) >= 11 is 1.62. The molecule has 1 atom stereocenters. The normalized spacial score (nSPS) is 20.8. The van der Waals surface area contributed by atoms with E-state index in [0.29, 0.717) is 6.54 Å². The first-order chi connectivity index (χ1) is 8.20. The molecule has 0 radical (unpaired) electrons. The van der Waals surface area contributed by atoms with Crippen molar-refractivity contribution >= 4 is 17.2 Å². The van der Waals surface area contributed by atoms with Gasteiger partial charge in [0.2, 0.25) is 5.91 Å². The first-order valence-electron chi connectivity index (χ1n) is 6.16. The summed E-state index contributed by atoms with van der Waals surface area (Å²) in [6.07, 6.45) is 3.56. The number of hydrogen-bond acceptors (Lipinski definition) is 4. The Morgan fingerprint density at radius 3 is 3.06 bits per heavy atom. The summed E-state index contributed by atoms with van der Waals surface area (Å²) in [6, 6.07) is 0. The second-order valence-corrected chi connectivity index (χ2v) is 5.36. The molecule has 2 heterocycles. The van der Waals surface area contributed by atoms with Crippen molar-refractivity contribution in [1.82, 2.24) is 15.2 Å². The van der Waals surface area contributed by atoms with Gasteiger partial charge in [-0.05, 0) is 13.3 Å². The zero-order valence-electron chi connectivity index (χ0n) is 10.4. The van der Waals surface area contributed by atoms with Gasteiger partial charge < -0.3 is 5.32 Å². The van der Waals surface area contributed by atoms with Crippen LogP contribution in [0.3, 0.4) is 0 Å². The third-order valence-electron chi connectivity index (χ3n) is 2.93.